The van der Waals surface area contributed by atoms with Crippen LogP contribution in [0.1, 0.15) is 37.4 Å². The van der Waals surface area contributed by atoms with Crippen molar-refractivity contribution < 1.29 is 0 Å². The number of nitrogens with one attached hydrogen (secondary N) is 1. The topological polar surface area (TPSA) is 46.9 Å². The van der Waals surface area contributed by atoms with E-state index in [1.54, 1.807) is 6.20 Å². The second kappa shape index (κ2) is 6.76. The summed E-state index contributed by atoms with van der Waals surface area (Å²) in [6, 6.07) is 8.30. The van der Waals surface area contributed by atoms with Crippen LogP contribution >= 0.6 is 11.6 Å². The van der Waals surface area contributed by atoms with Gasteiger partial charge < -0.3 is 5.32 Å². The third kappa shape index (κ3) is 3.64. The Kier molecular flexibility index (Phi) is 5.02. The third-order valence-corrected chi connectivity index (χ3v) is 3.73. The monoisotopic (exact) mass is 305 g/mol. The molecule has 2 aromatic rings. The lowest BCUT2D eigenvalue weighted by molar-refractivity contribution is 0.568. The van der Waals surface area contributed by atoms with Gasteiger partial charge in [-0.05, 0) is 25.8 Å². The smallest absolute Gasteiger partial charge is 0.287 e. The summed E-state index contributed by atoms with van der Waals surface area (Å²) in [5.41, 5.74) is 2.67. The first-order chi connectivity index (χ1) is 10.0. The van der Waals surface area contributed by atoms with Gasteiger partial charge in [0, 0.05) is 12.6 Å². The SMILES string of the molecule is CCCn1ncc(NC(C)c2ccc(C)cc2)c(Cl)c1=O. The molecule has 4 nitrogen and oxygen atoms in total. The highest BCUT2D eigenvalue weighted by molar-refractivity contribution is 6.32. The van der Waals surface area contributed by atoms with Crippen LogP contribution in [0.3, 0.4) is 0 Å². The molecule has 0 amide bonds. The molecule has 0 bridgehead atoms. The Hall–Kier alpha value is -1.81. The molecule has 5 heteroatoms. The molecule has 0 aliphatic heterocycles. The lowest BCUT2D eigenvalue weighted by Gasteiger charge is -2.17. The van der Waals surface area contributed by atoms with Crippen LogP contribution in [-0.4, -0.2) is 9.78 Å². The molecule has 1 N–H and O–H groups in total. The lowest BCUT2D eigenvalue weighted by Crippen LogP contribution is -2.24. The molecule has 1 heterocycles. The van der Waals surface area contributed by atoms with Crippen LogP contribution in [0.2, 0.25) is 5.02 Å². The number of anilines is 1. The van der Waals surface area contributed by atoms with Crippen molar-refractivity contribution in [2.45, 2.75) is 39.8 Å². The van der Waals surface area contributed by atoms with Crippen molar-refractivity contribution in [2.24, 2.45) is 0 Å². The highest BCUT2D eigenvalue weighted by atomic mass is 35.5. The molecule has 0 saturated carbocycles. The maximum atomic E-state index is 12.1. The van der Waals surface area contributed by atoms with Crippen LogP contribution in [0.4, 0.5) is 5.69 Å². The molecule has 1 atom stereocenters. The van der Waals surface area contributed by atoms with Crippen molar-refractivity contribution in [3.8, 4) is 0 Å². The minimum atomic E-state index is -0.250. The van der Waals surface area contributed by atoms with Gasteiger partial charge in [-0.2, -0.15) is 5.10 Å². The summed E-state index contributed by atoms with van der Waals surface area (Å²) in [6.07, 6.45) is 2.46. The molecule has 0 fully saturated rings. The molecule has 0 saturated heterocycles. The number of hydrogen-bond acceptors (Lipinski definition) is 3. The van der Waals surface area contributed by atoms with E-state index in [1.165, 1.54) is 10.2 Å². The number of nitrogens with zero attached hydrogens (tertiary/aromatic N) is 2. The molecule has 1 unspecified atom stereocenters. The van der Waals surface area contributed by atoms with Crippen molar-refractivity contribution in [3.05, 3.63) is 57.0 Å². The third-order valence-electron chi connectivity index (χ3n) is 3.37. The minimum Gasteiger partial charge on any atom is -0.376 e. The quantitative estimate of drug-likeness (QED) is 0.914. The standard InChI is InChI=1S/C16H20ClN3O/c1-4-9-20-16(21)15(17)14(10-18-20)19-12(3)13-7-5-11(2)6-8-13/h5-8,10,12,19H,4,9H2,1-3H3. The number of halogens is 1. The number of aromatic nitrogens is 2. The van der Waals surface area contributed by atoms with Gasteiger partial charge in [-0.3, -0.25) is 4.79 Å². The van der Waals surface area contributed by atoms with Gasteiger partial charge in [0.1, 0.15) is 5.02 Å². The van der Waals surface area contributed by atoms with Crippen molar-refractivity contribution in [2.75, 3.05) is 5.32 Å². The fourth-order valence-electron chi connectivity index (χ4n) is 2.11. The van der Waals surface area contributed by atoms with Crippen LogP contribution in [0.25, 0.3) is 0 Å². The summed E-state index contributed by atoms with van der Waals surface area (Å²) in [5, 5.41) is 7.59. The Balaban J connectivity index is 2.21. The van der Waals surface area contributed by atoms with Gasteiger partial charge in [0.05, 0.1) is 11.9 Å². The van der Waals surface area contributed by atoms with Gasteiger partial charge in [0.15, 0.2) is 0 Å². The Morgan fingerprint density at radius 2 is 2.00 bits per heavy atom. The maximum Gasteiger partial charge on any atom is 0.287 e. The maximum absolute atomic E-state index is 12.1. The predicted molar refractivity (Wildman–Crippen MR) is 87.0 cm³/mol. The summed E-state index contributed by atoms with van der Waals surface area (Å²) >= 11 is 6.16. The predicted octanol–water partition coefficient (Wildman–Crippen LogP) is 3.79. The summed E-state index contributed by atoms with van der Waals surface area (Å²) in [6.45, 7) is 6.65. The van der Waals surface area contributed by atoms with Gasteiger partial charge in [0.25, 0.3) is 5.56 Å². The molecular weight excluding hydrogens is 286 g/mol. The van der Waals surface area contributed by atoms with Crippen molar-refractivity contribution >= 4 is 17.3 Å². The molecule has 0 spiro atoms. The molecule has 2 rings (SSSR count). The zero-order valence-electron chi connectivity index (χ0n) is 12.6. The van der Waals surface area contributed by atoms with Crippen molar-refractivity contribution in [3.63, 3.8) is 0 Å². The van der Waals surface area contributed by atoms with Crippen molar-refractivity contribution in [1.29, 1.82) is 0 Å². The number of rotatable bonds is 5. The van der Waals surface area contributed by atoms with E-state index < -0.39 is 0 Å². The van der Waals surface area contributed by atoms with Crippen LogP contribution in [0, 0.1) is 6.92 Å². The van der Waals surface area contributed by atoms with E-state index in [0.29, 0.717) is 12.2 Å². The van der Waals surface area contributed by atoms with Crippen LogP contribution in [0.15, 0.2) is 35.3 Å². The van der Waals surface area contributed by atoms with Crippen LogP contribution < -0.4 is 10.9 Å². The molecular formula is C16H20ClN3O. The summed E-state index contributed by atoms with van der Waals surface area (Å²) in [4.78, 5) is 12.1. The average molecular weight is 306 g/mol. The van der Waals surface area contributed by atoms with E-state index in [0.717, 1.165) is 12.0 Å². The fourth-order valence-corrected chi connectivity index (χ4v) is 2.31. The summed E-state index contributed by atoms with van der Waals surface area (Å²) in [5.74, 6) is 0. The van der Waals surface area contributed by atoms with Gasteiger partial charge in [0.2, 0.25) is 0 Å². The second-order valence-corrected chi connectivity index (χ2v) is 5.56. The van der Waals surface area contributed by atoms with Crippen molar-refractivity contribution in [1.82, 2.24) is 9.78 Å². The summed E-state index contributed by atoms with van der Waals surface area (Å²) in [7, 11) is 0. The van der Waals surface area contributed by atoms with E-state index in [2.05, 4.69) is 41.6 Å². The number of aryl methyl sites for hydroxylation is 2. The molecule has 21 heavy (non-hydrogen) atoms. The average Bonchev–Trinajstić information content (AvgIpc) is 2.47. The highest BCUT2D eigenvalue weighted by Crippen LogP contribution is 2.23. The Bertz CT molecular complexity index is 664. The first kappa shape index (κ1) is 15.6. The van der Waals surface area contributed by atoms with E-state index in [9.17, 15) is 4.79 Å². The Morgan fingerprint density at radius 1 is 1.33 bits per heavy atom. The fraction of sp³-hybridized carbons (Fsp3) is 0.375. The largest absolute Gasteiger partial charge is 0.376 e. The molecule has 112 valence electrons. The first-order valence-electron chi connectivity index (χ1n) is 7.11. The number of hydrogen-bond donors (Lipinski definition) is 1. The zero-order chi connectivity index (χ0) is 15.4. The second-order valence-electron chi connectivity index (χ2n) is 5.18. The van der Waals surface area contributed by atoms with Gasteiger partial charge in [-0.1, -0.05) is 48.4 Å². The molecule has 0 aliphatic rings. The normalized spacial score (nSPS) is 12.2. The van der Waals surface area contributed by atoms with E-state index in [1.807, 2.05) is 13.8 Å². The Morgan fingerprint density at radius 3 is 2.62 bits per heavy atom. The molecule has 0 aliphatic carbocycles. The summed E-state index contributed by atoms with van der Waals surface area (Å²) < 4.78 is 1.39. The molecule has 0 radical (unpaired) electrons. The molecule has 1 aromatic heterocycles. The van der Waals surface area contributed by atoms with Crippen LogP contribution in [-0.2, 0) is 6.54 Å². The minimum absolute atomic E-state index is 0.0475. The molecule has 1 aromatic carbocycles. The van der Waals surface area contributed by atoms with Gasteiger partial charge >= 0.3 is 0 Å². The van der Waals surface area contributed by atoms with Crippen LogP contribution in [0.5, 0.6) is 0 Å². The van der Waals surface area contributed by atoms with E-state index in [-0.39, 0.29) is 16.6 Å². The zero-order valence-corrected chi connectivity index (χ0v) is 13.3. The Labute approximate surface area is 129 Å². The van der Waals surface area contributed by atoms with Gasteiger partial charge in [-0.25, -0.2) is 4.68 Å². The van der Waals surface area contributed by atoms with E-state index in [4.69, 9.17) is 11.6 Å². The highest BCUT2D eigenvalue weighted by Gasteiger charge is 2.12. The first-order valence-corrected chi connectivity index (χ1v) is 7.49. The lowest BCUT2D eigenvalue weighted by atomic mass is 10.1. The number of benzene rings is 1. The van der Waals surface area contributed by atoms with E-state index >= 15 is 0 Å². The van der Waals surface area contributed by atoms with Gasteiger partial charge in [-0.15, -0.1) is 0 Å².